The van der Waals surface area contributed by atoms with Gasteiger partial charge in [-0.1, -0.05) is 0 Å². The van der Waals surface area contributed by atoms with Gasteiger partial charge in [-0.15, -0.1) is 23.1 Å². The average Bonchev–Trinajstić information content (AvgIpc) is 2.66. The summed E-state index contributed by atoms with van der Waals surface area (Å²) in [6, 6.07) is 3.86. The number of thioether (sulfide) groups is 1. The van der Waals surface area contributed by atoms with Crippen molar-refractivity contribution in [2.45, 2.75) is 10.6 Å². The second kappa shape index (κ2) is 4.80. The van der Waals surface area contributed by atoms with E-state index in [1.54, 1.807) is 12.3 Å². The van der Waals surface area contributed by atoms with Gasteiger partial charge in [0, 0.05) is 21.7 Å². The lowest BCUT2D eigenvalue weighted by Gasteiger charge is -2.00. The van der Waals surface area contributed by atoms with E-state index in [1.165, 1.54) is 29.2 Å². The first kappa shape index (κ1) is 11.3. The highest BCUT2D eigenvalue weighted by molar-refractivity contribution is 7.98. The predicted molar refractivity (Wildman–Crippen MR) is 62.4 cm³/mol. The zero-order valence-electron chi connectivity index (χ0n) is 8.11. The van der Waals surface area contributed by atoms with E-state index in [2.05, 4.69) is 4.98 Å². The fraction of sp³-hybridized carbons (Fsp3) is 0.100. The van der Waals surface area contributed by atoms with Crippen LogP contribution in [0.5, 0.6) is 0 Å². The lowest BCUT2D eigenvalue weighted by Crippen LogP contribution is -1.83. The van der Waals surface area contributed by atoms with E-state index in [0.717, 1.165) is 10.9 Å². The number of hydrogen-bond donors (Lipinski definition) is 1. The monoisotopic (exact) mass is 258 g/mol. The van der Waals surface area contributed by atoms with Gasteiger partial charge in [0.2, 0.25) is 0 Å². The van der Waals surface area contributed by atoms with Gasteiger partial charge < -0.3 is 5.73 Å². The van der Waals surface area contributed by atoms with Crippen LogP contribution in [0.2, 0.25) is 0 Å². The summed E-state index contributed by atoms with van der Waals surface area (Å²) in [7, 11) is 0. The molecule has 1 heterocycles. The Kier molecular flexibility index (Phi) is 3.40. The van der Waals surface area contributed by atoms with Crippen LogP contribution in [-0.4, -0.2) is 4.98 Å². The Morgan fingerprint density at radius 1 is 1.31 bits per heavy atom. The normalized spacial score (nSPS) is 10.6. The lowest BCUT2D eigenvalue weighted by atomic mass is 10.3. The van der Waals surface area contributed by atoms with Crippen molar-refractivity contribution < 1.29 is 8.78 Å². The van der Waals surface area contributed by atoms with Crippen LogP contribution in [0.25, 0.3) is 0 Å². The minimum atomic E-state index is -0.827. The highest BCUT2D eigenvalue weighted by Crippen LogP contribution is 2.27. The van der Waals surface area contributed by atoms with E-state index >= 15 is 0 Å². The third kappa shape index (κ3) is 2.70. The van der Waals surface area contributed by atoms with Crippen molar-refractivity contribution in [2.24, 2.45) is 0 Å². The molecule has 0 aliphatic rings. The molecule has 0 spiro atoms. The smallest absolute Gasteiger partial charge is 0.180 e. The maximum atomic E-state index is 12.9. The molecule has 0 saturated heterocycles. The zero-order valence-corrected chi connectivity index (χ0v) is 9.75. The number of anilines is 1. The van der Waals surface area contributed by atoms with Gasteiger partial charge in [0.25, 0.3) is 0 Å². The van der Waals surface area contributed by atoms with E-state index in [-0.39, 0.29) is 0 Å². The number of rotatable bonds is 3. The second-order valence-corrected chi connectivity index (χ2v) is 5.22. The molecule has 0 unspecified atom stereocenters. The van der Waals surface area contributed by atoms with E-state index in [4.69, 9.17) is 5.73 Å². The Morgan fingerprint density at radius 3 is 2.75 bits per heavy atom. The minimum absolute atomic E-state index is 0.515. The topological polar surface area (TPSA) is 38.9 Å². The van der Waals surface area contributed by atoms with Crippen LogP contribution in [0.3, 0.4) is 0 Å². The fourth-order valence-electron chi connectivity index (χ4n) is 1.11. The van der Waals surface area contributed by atoms with Crippen molar-refractivity contribution in [1.82, 2.24) is 4.98 Å². The Balaban J connectivity index is 2.02. The van der Waals surface area contributed by atoms with Crippen LogP contribution in [0.15, 0.2) is 29.3 Å². The second-order valence-electron chi connectivity index (χ2n) is 3.03. The molecule has 84 valence electrons. The molecular formula is C10H8F2N2S2. The fourth-order valence-corrected chi connectivity index (χ4v) is 2.74. The quantitative estimate of drug-likeness (QED) is 0.858. The highest BCUT2D eigenvalue weighted by Gasteiger charge is 2.04. The first-order chi connectivity index (χ1) is 7.65. The number of aromatic nitrogens is 1. The van der Waals surface area contributed by atoms with Crippen LogP contribution in [0.1, 0.15) is 4.88 Å². The summed E-state index contributed by atoms with van der Waals surface area (Å²) >= 11 is 2.81. The highest BCUT2D eigenvalue weighted by atomic mass is 32.2. The maximum Gasteiger partial charge on any atom is 0.180 e. The van der Waals surface area contributed by atoms with Crippen molar-refractivity contribution >= 4 is 28.2 Å². The third-order valence-corrected chi connectivity index (χ3v) is 3.90. The van der Waals surface area contributed by atoms with Gasteiger partial charge in [-0.2, -0.15) is 0 Å². The zero-order chi connectivity index (χ0) is 11.5. The standard InChI is InChI=1S/C10H8F2N2S2/c11-8-2-1-6(3-9(8)12)15-5-7-4-14-10(13)16-7/h1-4H,5H2,(H2,13,14). The van der Waals surface area contributed by atoms with Gasteiger partial charge in [-0.05, 0) is 18.2 Å². The van der Waals surface area contributed by atoms with E-state index in [1.807, 2.05) is 0 Å². The Hall–Kier alpha value is -1.14. The Labute approximate surface area is 99.5 Å². The molecule has 0 aliphatic carbocycles. The van der Waals surface area contributed by atoms with Crippen molar-refractivity contribution in [3.8, 4) is 0 Å². The molecule has 0 aliphatic heterocycles. The lowest BCUT2D eigenvalue weighted by molar-refractivity contribution is 0.506. The van der Waals surface area contributed by atoms with Gasteiger partial charge in [0.1, 0.15) is 0 Å². The summed E-state index contributed by atoms with van der Waals surface area (Å²) in [5.74, 6) is -1.000. The van der Waals surface area contributed by atoms with Crippen molar-refractivity contribution in [1.29, 1.82) is 0 Å². The predicted octanol–water partition coefficient (Wildman–Crippen LogP) is 3.30. The Morgan fingerprint density at radius 2 is 2.12 bits per heavy atom. The maximum absolute atomic E-state index is 12.9. The number of nitrogens with zero attached hydrogens (tertiary/aromatic N) is 1. The number of nitrogen functional groups attached to an aromatic ring is 1. The summed E-state index contributed by atoms with van der Waals surface area (Å²) in [4.78, 5) is 5.60. The SMILES string of the molecule is Nc1ncc(CSc2ccc(F)c(F)c2)s1. The number of nitrogens with two attached hydrogens (primary N) is 1. The summed E-state index contributed by atoms with van der Waals surface area (Å²) in [6.45, 7) is 0. The molecule has 2 aromatic rings. The molecule has 0 saturated carbocycles. The van der Waals surface area contributed by atoms with Gasteiger partial charge in [0.05, 0.1) is 0 Å². The molecular weight excluding hydrogens is 250 g/mol. The molecule has 16 heavy (non-hydrogen) atoms. The molecule has 0 radical (unpaired) electrons. The van der Waals surface area contributed by atoms with Crippen LogP contribution < -0.4 is 5.73 Å². The van der Waals surface area contributed by atoms with Gasteiger partial charge in [0.15, 0.2) is 16.8 Å². The molecule has 6 heteroatoms. The molecule has 0 bridgehead atoms. The molecule has 0 atom stereocenters. The molecule has 1 aromatic carbocycles. The van der Waals surface area contributed by atoms with Crippen LogP contribution in [-0.2, 0) is 5.75 Å². The molecule has 0 fully saturated rings. The average molecular weight is 258 g/mol. The van der Waals surface area contributed by atoms with E-state index in [0.29, 0.717) is 15.8 Å². The molecule has 0 amide bonds. The molecule has 1 aromatic heterocycles. The largest absolute Gasteiger partial charge is 0.375 e. The minimum Gasteiger partial charge on any atom is -0.375 e. The van der Waals surface area contributed by atoms with E-state index in [9.17, 15) is 8.78 Å². The number of benzene rings is 1. The van der Waals surface area contributed by atoms with E-state index < -0.39 is 11.6 Å². The summed E-state index contributed by atoms with van der Waals surface area (Å²) in [5.41, 5.74) is 5.48. The van der Waals surface area contributed by atoms with Crippen molar-refractivity contribution in [3.05, 3.63) is 40.9 Å². The van der Waals surface area contributed by atoms with Crippen LogP contribution in [0.4, 0.5) is 13.9 Å². The molecule has 2 nitrogen and oxygen atoms in total. The first-order valence-corrected chi connectivity index (χ1v) is 6.23. The van der Waals surface area contributed by atoms with Gasteiger partial charge in [-0.3, -0.25) is 0 Å². The number of hydrogen-bond acceptors (Lipinski definition) is 4. The molecule has 2 N–H and O–H groups in total. The third-order valence-electron chi connectivity index (χ3n) is 1.84. The van der Waals surface area contributed by atoms with Crippen molar-refractivity contribution in [3.63, 3.8) is 0 Å². The number of thiazole rings is 1. The first-order valence-electron chi connectivity index (χ1n) is 4.43. The molecule has 2 rings (SSSR count). The van der Waals surface area contributed by atoms with Crippen molar-refractivity contribution in [2.75, 3.05) is 5.73 Å². The Bertz CT molecular complexity index is 499. The number of halogens is 2. The van der Waals surface area contributed by atoms with Crippen LogP contribution >= 0.6 is 23.1 Å². The van der Waals surface area contributed by atoms with Gasteiger partial charge >= 0.3 is 0 Å². The van der Waals surface area contributed by atoms with Crippen LogP contribution in [0, 0.1) is 11.6 Å². The summed E-state index contributed by atoms with van der Waals surface area (Å²) in [6.07, 6.45) is 1.69. The summed E-state index contributed by atoms with van der Waals surface area (Å²) < 4.78 is 25.5. The van der Waals surface area contributed by atoms with Gasteiger partial charge in [-0.25, -0.2) is 13.8 Å². The summed E-state index contributed by atoms with van der Waals surface area (Å²) in [5, 5.41) is 0.515.